The molecule has 0 saturated carbocycles. The van der Waals surface area contributed by atoms with Gasteiger partial charge in [0.2, 0.25) is 6.79 Å². The number of nitrogens with one attached hydrogen (secondary N) is 2. The number of ether oxygens (including phenoxy) is 3. The fourth-order valence-electron chi connectivity index (χ4n) is 3.55. The summed E-state index contributed by atoms with van der Waals surface area (Å²) in [7, 11) is 0. The van der Waals surface area contributed by atoms with E-state index >= 15 is 0 Å². The van der Waals surface area contributed by atoms with Crippen molar-refractivity contribution in [2.24, 2.45) is 0 Å². The quantitative estimate of drug-likeness (QED) is 0.279. The van der Waals surface area contributed by atoms with E-state index in [9.17, 15) is 10.1 Å². The fourth-order valence-corrected chi connectivity index (χ4v) is 4.65. The molecule has 3 aromatic carbocycles. The number of nitriles is 1. The number of carbonyl (C=O) groups excluding carboxylic acids is 1. The van der Waals surface area contributed by atoms with Crippen molar-refractivity contribution in [2.75, 3.05) is 18.7 Å². The van der Waals surface area contributed by atoms with Gasteiger partial charge in [-0.2, -0.15) is 5.26 Å². The van der Waals surface area contributed by atoms with Crippen LogP contribution < -0.4 is 24.8 Å². The lowest BCUT2D eigenvalue weighted by atomic mass is 10.1. The Morgan fingerprint density at radius 1 is 1.08 bits per heavy atom. The van der Waals surface area contributed by atoms with Gasteiger partial charge in [-0.15, -0.1) is 11.8 Å². The molecule has 184 valence electrons. The van der Waals surface area contributed by atoms with Gasteiger partial charge in [0.1, 0.15) is 17.4 Å². The molecule has 2 N–H and O–H groups in total. The van der Waals surface area contributed by atoms with Gasteiger partial charge in [-0.05, 0) is 66.9 Å². The zero-order valence-electron chi connectivity index (χ0n) is 20.2. The van der Waals surface area contributed by atoms with E-state index in [1.54, 1.807) is 0 Å². The van der Waals surface area contributed by atoms with E-state index in [1.165, 1.54) is 11.8 Å². The van der Waals surface area contributed by atoms with Gasteiger partial charge >= 0.3 is 0 Å². The second kappa shape index (κ2) is 12.0. The molecule has 0 aliphatic carbocycles. The van der Waals surface area contributed by atoms with Crippen molar-refractivity contribution in [2.45, 2.75) is 26.1 Å². The predicted molar refractivity (Wildman–Crippen MR) is 141 cm³/mol. The van der Waals surface area contributed by atoms with Gasteiger partial charge in [-0.25, -0.2) is 0 Å². The van der Waals surface area contributed by atoms with Gasteiger partial charge < -0.3 is 24.8 Å². The highest BCUT2D eigenvalue weighted by atomic mass is 32.2. The van der Waals surface area contributed by atoms with Crippen molar-refractivity contribution in [3.63, 3.8) is 0 Å². The van der Waals surface area contributed by atoms with Crippen LogP contribution in [0.15, 0.2) is 77.3 Å². The third-order valence-corrected chi connectivity index (χ3v) is 6.56. The van der Waals surface area contributed by atoms with E-state index in [2.05, 4.69) is 16.7 Å². The number of hydrogen-bond acceptors (Lipinski definition) is 7. The van der Waals surface area contributed by atoms with Crippen LogP contribution >= 0.6 is 11.8 Å². The summed E-state index contributed by atoms with van der Waals surface area (Å²) in [5.74, 6) is 2.22. The number of amides is 1. The number of carbonyl (C=O) groups is 1. The van der Waals surface area contributed by atoms with Gasteiger partial charge in [0, 0.05) is 18.0 Å². The Bertz CT molecular complexity index is 1300. The molecule has 1 aliphatic heterocycles. The lowest BCUT2D eigenvalue weighted by molar-refractivity contribution is -0.117. The second-order valence-corrected chi connectivity index (χ2v) is 8.97. The maximum atomic E-state index is 13.1. The molecule has 0 unspecified atom stereocenters. The number of fused-ring (bicyclic) bond motifs is 1. The summed E-state index contributed by atoms with van der Waals surface area (Å²) in [5, 5.41) is 16.6. The minimum atomic E-state index is -0.458. The van der Waals surface area contributed by atoms with Crippen LogP contribution in [0.3, 0.4) is 0 Å². The van der Waals surface area contributed by atoms with Crippen LogP contribution in [0.2, 0.25) is 0 Å². The van der Waals surface area contributed by atoms with E-state index in [0.717, 1.165) is 28.1 Å². The number of hydrogen-bond donors (Lipinski definition) is 2. The number of anilines is 1. The smallest absolute Gasteiger partial charge is 0.264 e. The molecular formula is C28H27N3O4S. The van der Waals surface area contributed by atoms with E-state index in [-0.39, 0.29) is 18.9 Å². The highest BCUT2D eigenvalue weighted by Gasteiger charge is 2.18. The van der Waals surface area contributed by atoms with Crippen molar-refractivity contribution < 1.29 is 19.0 Å². The first kappa shape index (κ1) is 25.0. The minimum Gasteiger partial charge on any atom is -0.494 e. The van der Waals surface area contributed by atoms with Crippen LogP contribution in [0.25, 0.3) is 0 Å². The van der Waals surface area contributed by atoms with Crippen molar-refractivity contribution >= 4 is 23.4 Å². The highest BCUT2D eigenvalue weighted by Crippen LogP contribution is 2.32. The molecule has 0 bridgehead atoms. The molecule has 0 saturated heterocycles. The van der Waals surface area contributed by atoms with E-state index in [0.29, 0.717) is 28.9 Å². The lowest BCUT2D eigenvalue weighted by Gasteiger charge is -2.15. The van der Waals surface area contributed by atoms with E-state index in [4.69, 9.17) is 14.2 Å². The molecular weight excluding hydrogens is 474 g/mol. The molecule has 0 fully saturated rings. The molecule has 1 amide bonds. The second-order valence-electron chi connectivity index (χ2n) is 7.98. The maximum Gasteiger partial charge on any atom is 0.264 e. The first-order valence-corrected chi connectivity index (χ1v) is 12.5. The van der Waals surface area contributed by atoms with Gasteiger partial charge in [-0.3, -0.25) is 4.79 Å². The highest BCUT2D eigenvalue weighted by molar-refractivity contribution is 8.02. The summed E-state index contributed by atoms with van der Waals surface area (Å²) in [6.07, 6.45) is 0. The van der Waals surface area contributed by atoms with Crippen molar-refractivity contribution in [3.05, 3.63) is 94.0 Å². The first-order chi connectivity index (χ1) is 17.6. The fraction of sp³-hybridized carbons (Fsp3) is 0.214. The first-order valence-electron chi connectivity index (χ1n) is 11.6. The van der Waals surface area contributed by atoms with E-state index in [1.807, 2.05) is 80.6 Å². The number of aryl methyl sites for hydroxylation is 1. The molecule has 1 heterocycles. The number of thioether (sulfide) groups is 1. The summed E-state index contributed by atoms with van der Waals surface area (Å²) < 4.78 is 16.3. The Kier molecular flexibility index (Phi) is 8.37. The van der Waals surface area contributed by atoms with Crippen LogP contribution in [0.4, 0.5) is 5.69 Å². The molecule has 36 heavy (non-hydrogen) atoms. The van der Waals surface area contributed by atoms with Crippen LogP contribution in [0.1, 0.15) is 23.6 Å². The summed E-state index contributed by atoms with van der Waals surface area (Å²) in [6, 6.07) is 23.1. The SMILES string of the molecule is CCOc1ccc(NC(SCc2ccccc2C)=C(C#N)C(=O)NCc2ccc3c(c2)OCO3)cc1. The predicted octanol–water partition coefficient (Wildman–Crippen LogP) is 5.52. The summed E-state index contributed by atoms with van der Waals surface area (Å²) in [4.78, 5) is 13.1. The van der Waals surface area contributed by atoms with Gasteiger partial charge in [0.05, 0.1) is 11.6 Å². The summed E-state index contributed by atoms with van der Waals surface area (Å²) in [5.41, 5.74) is 3.89. The molecule has 0 radical (unpaired) electrons. The third-order valence-electron chi connectivity index (χ3n) is 5.51. The van der Waals surface area contributed by atoms with Gasteiger partial charge in [-0.1, -0.05) is 30.3 Å². The van der Waals surface area contributed by atoms with Crippen molar-refractivity contribution in [3.8, 4) is 23.3 Å². The molecule has 8 heteroatoms. The van der Waals surface area contributed by atoms with Crippen LogP contribution in [-0.4, -0.2) is 19.3 Å². The molecule has 3 aromatic rings. The Hall–Kier alpha value is -4.09. The van der Waals surface area contributed by atoms with Crippen molar-refractivity contribution in [1.82, 2.24) is 5.32 Å². The minimum absolute atomic E-state index is 0.0169. The molecule has 4 rings (SSSR count). The van der Waals surface area contributed by atoms with Crippen LogP contribution in [0, 0.1) is 18.3 Å². The zero-order valence-corrected chi connectivity index (χ0v) is 21.0. The lowest BCUT2D eigenvalue weighted by Crippen LogP contribution is -2.25. The summed E-state index contributed by atoms with van der Waals surface area (Å²) in [6.45, 7) is 4.98. The Labute approximate surface area is 215 Å². The normalized spacial score (nSPS) is 12.4. The molecule has 1 aliphatic rings. The number of benzene rings is 3. The Balaban J connectivity index is 1.54. The van der Waals surface area contributed by atoms with E-state index < -0.39 is 5.91 Å². The van der Waals surface area contributed by atoms with Gasteiger partial charge in [0.15, 0.2) is 11.5 Å². The average molecular weight is 502 g/mol. The summed E-state index contributed by atoms with van der Waals surface area (Å²) >= 11 is 1.41. The standard InChI is InChI=1S/C28H27N3O4S/c1-3-33-23-11-9-22(10-12-23)31-28(36-17-21-7-5-4-6-19(21)2)24(15-29)27(32)30-16-20-8-13-25-26(14-20)35-18-34-25/h4-14,31H,3,16-18H2,1-2H3,(H,30,32). The average Bonchev–Trinajstić information content (AvgIpc) is 3.36. The monoisotopic (exact) mass is 501 g/mol. The molecule has 0 aromatic heterocycles. The van der Waals surface area contributed by atoms with Crippen molar-refractivity contribution in [1.29, 1.82) is 5.26 Å². The molecule has 7 nitrogen and oxygen atoms in total. The largest absolute Gasteiger partial charge is 0.494 e. The van der Waals surface area contributed by atoms with Crippen LogP contribution in [0.5, 0.6) is 17.2 Å². The van der Waals surface area contributed by atoms with Gasteiger partial charge in [0.25, 0.3) is 5.91 Å². The molecule has 0 spiro atoms. The zero-order chi connectivity index (χ0) is 25.3. The molecule has 0 atom stereocenters. The maximum absolute atomic E-state index is 13.1. The number of nitrogens with zero attached hydrogens (tertiary/aromatic N) is 1. The number of rotatable bonds is 10. The topological polar surface area (TPSA) is 92.6 Å². The Morgan fingerprint density at radius 3 is 2.61 bits per heavy atom. The third kappa shape index (κ3) is 6.32. The Morgan fingerprint density at radius 2 is 1.86 bits per heavy atom. The van der Waals surface area contributed by atoms with Crippen LogP contribution in [-0.2, 0) is 17.1 Å².